The highest BCUT2D eigenvalue weighted by molar-refractivity contribution is 6.43. The number of aliphatic carboxylic acids is 1. The van der Waals surface area contributed by atoms with Crippen LogP contribution in [-0.4, -0.2) is 39.7 Å². The van der Waals surface area contributed by atoms with Crippen LogP contribution in [0.3, 0.4) is 0 Å². The first-order valence-electron chi connectivity index (χ1n) is 9.22. The van der Waals surface area contributed by atoms with Gasteiger partial charge in [-0.2, -0.15) is 0 Å². The Kier molecular flexibility index (Phi) is 5.40. The van der Waals surface area contributed by atoms with Gasteiger partial charge < -0.3 is 10.0 Å². The molecule has 2 atom stereocenters. The van der Waals surface area contributed by atoms with E-state index < -0.39 is 23.2 Å². The molecule has 1 fully saturated rings. The number of benzene rings is 2. The third-order valence-corrected chi connectivity index (χ3v) is 5.38. The summed E-state index contributed by atoms with van der Waals surface area (Å²) in [5, 5.41) is 10.2. The molecule has 1 N–H and O–H groups in total. The monoisotopic (exact) mass is 365 g/mol. The lowest BCUT2D eigenvalue weighted by molar-refractivity contribution is -0.156. The molecule has 2 aromatic carbocycles. The largest absolute Gasteiger partial charge is 0.479 e. The van der Waals surface area contributed by atoms with Crippen molar-refractivity contribution in [3.8, 4) is 0 Å². The first-order valence-corrected chi connectivity index (χ1v) is 9.22. The minimum Gasteiger partial charge on any atom is -0.479 e. The molecule has 1 aliphatic rings. The van der Waals surface area contributed by atoms with Crippen LogP contribution >= 0.6 is 0 Å². The zero-order valence-electron chi connectivity index (χ0n) is 15.3. The molecule has 0 saturated carbocycles. The van der Waals surface area contributed by atoms with Crippen LogP contribution in [0.4, 0.5) is 0 Å². The predicted octanol–water partition coefficient (Wildman–Crippen LogP) is 3.51. The second kappa shape index (κ2) is 7.74. The molecule has 1 unspecified atom stereocenters. The number of likely N-dealkylation sites (tertiary alicyclic amines) is 1. The summed E-state index contributed by atoms with van der Waals surface area (Å²) in [4.78, 5) is 39.5. The fourth-order valence-electron chi connectivity index (χ4n) is 4.19. The lowest BCUT2D eigenvalue weighted by Gasteiger charge is -2.38. The van der Waals surface area contributed by atoms with Gasteiger partial charge in [0.1, 0.15) is 5.54 Å². The number of hydrogen-bond acceptors (Lipinski definition) is 3. The third-order valence-electron chi connectivity index (χ3n) is 5.38. The summed E-state index contributed by atoms with van der Waals surface area (Å²) in [5.41, 5.74) is -0.241. The van der Waals surface area contributed by atoms with Gasteiger partial charge in [0.15, 0.2) is 0 Å². The molecule has 0 radical (unpaired) electrons. The van der Waals surface area contributed by atoms with Crippen molar-refractivity contribution in [1.29, 1.82) is 0 Å². The maximum absolute atomic E-state index is 13.0. The molecule has 0 aliphatic carbocycles. The number of carbonyl (C=O) groups excluding carboxylic acids is 2. The number of hydrogen-bond donors (Lipinski definition) is 1. The van der Waals surface area contributed by atoms with E-state index in [0.717, 1.165) is 5.56 Å². The summed E-state index contributed by atoms with van der Waals surface area (Å²) in [6.07, 6.45) is 1.42. The fourth-order valence-corrected chi connectivity index (χ4v) is 4.19. The second-order valence-corrected chi connectivity index (χ2v) is 6.88. The normalized spacial score (nSPS) is 21.8. The molecule has 1 aliphatic heterocycles. The topological polar surface area (TPSA) is 74.7 Å². The van der Waals surface area contributed by atoms with E-state index in [4.69, 9.17) is 0 Å². The van der Waals surface area contributed by atoms with Crippen LogP contribution in [0.15, 0.2) is 60.7 Å². The number of carboxylic acids is 1. The molecule has 3 rings (SSSR count). The molecule has 0 bridgehead atoms. The molecule has 0 aromatic heterocycles. The minimum atomic E-state index is -1.41. The Bertz CT molecular complexity index is 834. The van der Waals surface area contributed by atoms with Crippen molar-refractivity contribution in [3.05, 3.63) is 71.8 Å². The zero-order valence-corrected chi connectivity index (χ0v) is 15.3. The summed E-state index contributed by atoms with van der Waals surface area (Å²) in [5.74, 6) is -2.80. The Morgan fingerprint density at radius 1 is 1.04 bits per heavy atom. The fraction of sp³-hybridized carbons (Fsp3) is 0.318. The number of amides is 1. The van der Waals surface area contributed by atoms with E-state index >= 15 is 0 Å². The Balaban J connectivity index is 2.02. The minimum absolute atomic E-state index is 0.253. The smallest absolute Gasteiger partial charge is 0.330 e. The maximum Gasteiger partial charge on any atom is 0.330 e. The van der Waals surface area contributed by atoms with E-state index in [1.807, 2.05) is 37.3 Å². The SMILES string of the molecule is CCC[C@@]1(C(=O)O)C(c2ccccc2)CCN1C(=O)C(=O)c1ccccc1. The van der Waals surface area contributed by atoms with Crippen LogP contribution in [0.2, 0.25) is 0 Å². The number of rotatable bonds is 6. The lowest BCUT2D eigenvalue weighted by Crippen LogP contribution is -2.57. The van der Waals surface area contributed by atoms with Gasteiger partial charge in [-0.15, -0.1) is 0 Å². The quantitative estimate of drug-likeness (QED) is 0.628. The van der Waals surface area contributed by atoms with Crippen molar-refractivity contribution in [2.75, 3.05) is 6.54 Å². The van der Waals surface area contributed by atoms with Gasteiger partial charge in [-0.3, -0.25) is 9.59 Å². The molecule has 140 valence electrons. The Morgan fingerprint density at radius 3 is 2.19 bits per heavy atom. The van der Waals surface area contributed by atoms with Gasteiger partial charge >= 0.3 is 5.97 Å². The summed E-state index contributed by atoms with van der Waals surface area (Å²) in [6, 6.07) is 17.7. The van der Waals surface area contributed by atoms with Crippen LogP contribution < -0.4 is 0 Å². The molecule has 1 saturated heterocycles. The molecule has 5 heteroatoms. The lowest BCUT2D eigenvalue weighted by atomic mass is 9.76. The summed E-state index contributed by atoms with van der Waals surface area (Å²) < 4.78 is 0. The molecule has 1 amide bonds. The van der Waals surface area contributed by atoms with Crippen molar-refractivity contribution in [2.45, 2.75) is 37.6 Å². The van der Waals surface area contributed by atoms with Crippen LogP contribution in [0, 0.1) is 0 Å². The van der Waals surface area contributed by atoms with Crippen molar-refractivity contribution < 1.29 is 19.5 Å². The Labute approximate surface area is 158 Å². The molecule has 2 aromatic rings. The third kappa shape index (κ3) is 3.25. The Hall–Kier alpha value is -2.95. The molecular weight excluding hydrogens is 342 g/mol. The summed E-state index contributed by atoms with van der Waals surface area (Å²) in [7, 11) is 0. The van der Waals surface area contributed by atoms with Gasteiger partial charge in [0, 0.05) is 18.0 Å². The van der Waals surface area contributed by atoms with Crippen LogP contribution in [0.5, 0.6) is 0 Å². The van der Waals surface area contributed by atoms with E-state index in [1.165, 1.54) is 4.90 Å². The maximum atomic E-state index is 13.0. The van der Waals surface area contributed by atoms with Crippen LogP contribution in [-0.2, 0) is 9.59 Å². The number of ketones is 1. The highest BCUT2D eigenvalue weighted by Crippen LogP contribution is 2.45. The number of nitrogens with zero attached hydrogens (tertiary/aromatic N) is 1. The molecule has 0 spiro atoms. The zero-order chi connectivity index (χ0) is 19.4. The second-order valence-electron chi connectivity index (χ2n) is 6.88. The first kappa shape index (κ1) is 18.8. The molecular formula is C22H23NO4. The van der Waals surface area contributed by atoms with Gasteiger partial charge in [-0.05, 0) is 18.4 Å². The van der Waals surface area contributed by atoms with Gasteiger partial charge in [0.05, 0.1) is 0 Å². The molecule has 27 heavy (non-hydrogen) atoms. The predicted molar refractivity (Wildman–Crippen MR) is 102 cm³/mol. The molecule has 1 heterocycles. The van der Waals surface area contributed by atoms with Crippen LogP contribution in [0.1, 0.15) is 48.0 Å². The van der Waals surface area contributed by atoms with E-state index in [0.29, 0.717) is 19.3 Å². The summed E-state index contributed by atoms with van der Waals surface area (Å²) in [6.45, 7) is 2.15. The average Bonchev–Trinajstić information content (AvgIpc) is 3.09. The standard InChI is InChI=1S/C22H23NO4/c1-2-14-22(21(26)27)18(16-9-5-3-6-10-16)13-15-23(22)20(25)19(24)17-11-7-4-8-12-17/h3-12,18H,2,13-15H2,1H3,(H,26,27)/t18?,22-/m0/s1. The summed E-state index contributed by atoms with van der Waals surface area (Å²) >= 11 is 0. The van der Waals surface area contributed by atoms with Gasteiger partial charge in [-0.25, -0.2) is 4.79 Å². The van der Waals surface area contributed by atoms with Crippen LogP contribution in [0.25, 0.3) is 0 Å². The number of carbonyl (C=O) groups is 3. The van der Waals surface area contributed by atoms with E-state index in [2.05, 4.69) is 0 Å². The van der Waals surface area contributed by atoms with Crippen molar-refractivity contribution in [2.24, 2.45) is 0 Å². The number of carboxylic acid groups (broad SMARTS) is 1. The van der Waals surface area contributed by atoms with Gasteiger partial charge in [0.25, 0.3) is 5.91 Å². The van der Waals surface area contributed by atoms with Crippen molar-refractivity contribution >= 4 is 17.7 Å². The first-order chi connectivity index (χ1) is 13.0. The highest BCUT2D eigenvalue weighted by atomic mass is 16.4. The molecule has 5 nitrogen and oxygen atoms in total. The van der Waals surface area contributed by atoms with Gasteiger partial charge in [-0.1, -0.05) is 74.0 Å². The van der Waals surface area contributed by atoms with Crippen molar-refractivity contribution in [3.63, 3.8) is 0 Å². The Morgan fingerprint density at radius 2 is 1.63 bits per heavy atom. The van der Waals surface area contributed by atoms with E-state index in [1.54, 1.807) is 30.3 Å². The van der Waals surface area contributed by atoms with E-state index in [9.17, 15) is 19.5 Å². The average molecular weight is 365 g/mol. The van der Waals surface area contributed by atoms with E-state index in [-0.39, 0.29) is 18.0 Å². The van der Waals surface area contributed by atoms with Gasteiger partial charge in [0.2, 0.25) is 5.78 Å². The highest BCUT2D eigenvalue weighted by Gasteiger charge is 2.57. The number of Topliss-reactive ketones (excluding diaryl/α,β-unsaturated/α-hetero) is 1. The van der Waals surface area contributed by atoms with Crippen molar-refractivity contribution in [1.82, 2.24) is 4.90 Å².